The Kier molecular flexibility index (Phi) is 6.36. The van der Waals surface area contributed by atoms with E-state index in [4.69, 9.17) is 4.74 Å². The van der Waals surface area contributed by atoms with Crippen LogP contribution in [0.25, 0.3) is 0 Å². The Bertz CT molecular complexity index is 786. The fourth-order valence-electron chi connectivity index (χ4n) is 2.49. The Morgan fingerprint density at radius 1 is 1.04 bits per heavy atom. The molecule has 134 valence electrons. The molecule has 6 heteroatoms. The minimum atomic E-state index is 0.0355. The largest absolute Gasteiger partial charge is 0.494 e. The van der Waals surface area contributed by atoms with Gasteiger partial charge in [0.25, 0.3) is 0 Å². The molecule has 0 radical (unpaired) electrons. The average molecular weight is 350 g/mol. The van der Waals surface area contributed by atoms with E-state index in [-0.39, 0.29) is 5.91 Å². The van der Waals surface area contributed by atoms with Crippen molar-refractivity contribution < 1.29 is 9.53 Å². The van der Waals surface area contributed by atoms with E-state index in [1.54, 1.807) is 11.0 Å². The molecule has 0 saturated heterocycles. The number of hydrogen-bond donors (Lipinski definition) is 1. The van der Waals surface area contributed by atoms with E-state index in [0.717, 1.165) is 16.9 Å². The number of hydrogen-bond acceptors (Lipinski definition) is 4. The van der Waals surface area contributed by atoms with E-state index in [9.17, 15) is 4.79 Å². The average Bonchev–Trinajstić information content (AvgIpc) is 3.19. The minimum absolute atomic E-state index is 0.0355. The molecule has 0 atom stereocenters. The second-order valence-electron chi connectivity index (χ2n) is 5.95. The second-order valence-corrected chi connectivity index (χ2v) is 5.95. The second kappa shape index (κ2) is 9.36. The molecule has 6 nitrogen and oxygen atoms in total. The molecular weight excluding hydrogens is 328 g/mol. The van der Waals surface area contributed by atoms with Crippen LogP contribution in [0.1, 0.15) is 24.0 Å². The van der Waals surface area contributed by atoms with E-state index >= 15 is 0 Å². The third-order valence-electron chi connectivity index (χ3n) is 3.88. The van der Waals surface area contributed by atoms with Crippen molar-refractivity contribution in [1.82, 2.24) is 20.1 Å². The highest BCUT2D eigenvalue weighted by Gasteiger charge is 2.03. The van der Waals surface area contributed by atoms with Crippen LogP contribution >= 0.6 is 0 Å². The van der Waals surface area contributed by atoms with E-state index in [1.165, 1.54) is 6.33 Å². The Balaban J connectivity index is 1.33. The number of nitrogens with zero attached hydrogens (tertiary/aromatic N) is 3. The van der Waals surface area contributed by atoms with E-state index < -0.39 is 0 Å². The maximum absolute atomic E-state index is 11.9. The molecule has 0 aliphatic rings. The van der Waals surface area contributed by atoms with Crippen LogP contribution in [0, 0.1) is 0 Å². The normalized spacial score (nSPS) is 10.5. The van der Waals surface area contributed by atoms with Crippen LogP contribution in [0.4, 0.5) is 0 Å². The van der Waals surface area contributed by atoms with Gasteiger partial charge in [-0.15, -0.1) is 0 Å². The van der Waals surface area contributed by atoms with E-state index in [0.29, 0.717) is 32.5 Å². The lowest BCUT2D eigenvalue weighted by Crippen LogP contribution is -2.23. The van der Waals surface area contributed by atoms with Gasteiger partial charge in [-0.05, 0) is 29.7 Å². The molecule has 2 aromatic carbocycles. The molecule has 1 aromatic heterocycles. The summed E-state index contributed by atoms with van der Waals surface area (Å²) in [5, 5.41) is 7.03. The highest BCUT2D eigenvalue weighted by Crippen LogP contribution is 2.09. The first kappa shape index (κ1) is 17.7. The van der Waals surface area contributed by atoms with Gasteiger partial charge >= 0.3 is 0 Å². The number of aromatic nitrogens is 3. The molecule has 26 heavy (non-hydrogen) atoms. The van der Waals surface area contributed by atoms with E-state index in [2.05, 4.69) is 15.4 Å². The van der Waals surface area contributed by atoms with Gasteiger partial charge in [-0.2, -0.15) is 5.10 Å². The summed E-state index contributed by atoms with van der Waals surface area (Å²) in [5.74, 6) is 0.868. The van der Waals surface area contributed by atoms with Gasteiger partial charge in [-0.3, -0.25) is 4.79 Å². The highest BCUT2D eigenvalue weighted by molar-refractivity contribution is 5.75. The Hall–Kier alpha value is -3.15. The highest BCUT2D eigenvalue weighted by atomic mass is 16.5. The van der Waals surface area contributed by atoms with Gasteiger partial charge < -0.3 is 10.1 Å². The lowest BCUT2D eigenvalue weighted by molar-refractivity contribution is -0.121. The van der Waals surface area contributed by atoms with Crippen LogP contribution in [0.5, 0.6) is 5.75 Å². The van der Waals surface area contributed by atoms with Crippen molar-refractivity contribution in [1.29, 1.82) is 0 Å². The first-order valence-electron chi connectivity index (χ1n) is 8.64. The SMILES string of the molecule is O=C(CCCOc1ccccc1)NCc1ccc(Cn2cncn2)cc1. The monoisotopic (exact) mass is 350 g/mol. The fraction of sp³-hybridized carbons (Fsp3) is 0.250. The van der Waals surface area contributed by atoms with Crippen LogP contribution in [-0.4, -0.2) is 27.3 Å². The van der Waals surface area contributed by atoms with Crippen LogP contribution in [0.15, 0.2) is 67.3 Å². The molecule has 3 aromatic rings. The molecule has 0 fully saturated rings. The summed E-state index contributed by atoms with van der Waals surface area (Å²) >= 11 is 0. The number of para-hydroxylation sites is 1. The predicted molar refractivity (Wildman–Crippen MR) is 98.6 cm³/mol. The molecule has 0 aliphatic carbocycles. The van der Waals surface area contributed by atoms with Crippen molar-refractivity contribution >= 4 is 5.91 Å². The van der Waals surface area contributed by atoms with Gasteiger partial charge in [0.1, 0.15) is 18.4 Å². The van der Waals surface area contributed by atoms with Crippen LogP contribution < -0.4 is 10.1 Å². The third-order valence-corrected chi connectivity index (χ3v) is 3.88. The van der Waals surface area contributed by atoms with Crippen molar-refractivity contribution in [3.05, 3.63) is 78.4 Å². The Morgan fingerprint density at radius 2 is 1.81 bits per heavy atom. The first-order valence-corrected chi connectivity index (χ1v) is 8.64. The number of carbonyl (C=O) groups is 1. The van der Waals surface area contributed by atoms with Crippen molar-refractivity contribution in [3.63, 3.8) is 0 Å². The maximum Gasteiger partial charge on any atom is 0.220 e. The Labute approximate surface area is 152 Å². The van der Waals surface area contributed by atoms with Crippen molar-refractivity contribution in [3.8, 4) is 5.75 Å². The molecule has 3 rings (SSSR count). The number of rotatable bonds is 9. The summed E-state index contributed by atoms with van der Waals surface area (Å²) in [5.41, 5.74) is 2.21. The topological polar surface area (TPSA) is 69.0 Å². The van der Waals surface area contributed by atoms with Crippen LogP contribution in [0.2, 0.25) is 0 Å². The molecule has 0 unspecified atom stereocenters. The zero-order valence-corrected chi connectivity index (χ0v) is 14.5. The molecule has 1 heterocycles. The van der Waals surface area contributed by atoms with Gasteiger partial charge in [0.2, 0.25) is 5.91 Å². The standard InChI is InChI=1S/C20H22N4O2/c25-20(7-4-12-26-19-5-2-1-3-6-19)22-13-17-8-10-18(11-9-17)14-24-16-21-15-23-24/h1-3,5-6,8-11,15-16H,4,7,12-14H2,(H,22,25). The van der Waals surface area contributed by atoms with E-state index in [1.807, 2.05) is 54.6 Å². The maximum atomic E-state index is 11.9. The summed E-state index contributed by atoms with van der Waals surface area (Å²) in [6.45, 7) is 1.75. The quantitative estimate of drug-likeness (QED) is 0.603. The van der Waals surface area contributed by atoms with Crippen molar-refractivity contribution in [2.24, 2.45) is 0 Å². The molecule has 0 spiro atoms. The van der Waals surface area contributed by atoms with Gasteiger partial charge in [-0.25, -0.2) is 9.67 Å². The molecule has 0 aliphatic heterocycles. The summed E-state index contributed by atoms with van der Waals surface area (Å²) in [4.78, 5) is 15.8. The number of ether oxygens (including phenoxy) is 1. The summed E-state index contributed by atoms with van der Waals surface area (Å²) in [6.07, 6.45) is 4.36. The lowest BCUT2D eigenvalue weighted by atomic mass is 10.1. The van der Waals surface area contributed by atoms with Crippen molar-refractivity contribution in [2.75, 3.05) is 6.61 Å². The zero-order chi connectivity index (χ0) is 18.0. The molecule has 1 N–H and O–H groups in total. The number of benzene rings is 2. The summed E-state index contributed by atoms with van der Waals surface area (Å²) < 4.78 is 7.36. The third kappa shape index (κ3) is 5.73. The van der Waals surface area contributed by atoms with Gasteiger partial charge in [0, 0.05) is 13.0 Å². The zero-order valence-electron chi connectivity index (χ0n) is 14.5. The van der Waals surface area contributed by atoms with Crippen molar-refractivity contribution in [2.45, 2.75) is 25.9 Å². The predicted octanol–water partition coefficient (Wildman–Crippen LogP) is 2.80. The summed E-state index contributed by atoms with van der Waals surface area (Å²) in [7, 11) is 0. The minimum Gasteiger partial charge on any atom is -0.494 e. The molecular formula is C20H22N4O2. The molecule has 1 amide bonds. The molecule has 0 saturated carbocycles. The van der Waals surface area contributed by atoms with Crippen LogP contribution in [-0.2, 0) is 17.9 Å². The number of carbonyl (C=O) groups excluding carboxylic acids is 1. The smallest absolute Gasteiger partial charge is 0.220 e. The van der Waals surface area contributed by atoms with Gasteiger partial charge in [0.15, 0.2) is 0 Å². The number of nitrogens with one attached hydrogen (secondary N) is 1. The van der Waals surface area contributed by atoms with Gasteiger partial charge in [0.05, 0.1) is 13.2 Å². The Morgan fingerprint density at radius 3 is 2.54 bits per heavy atom. The van der Waals surface area contributed by atoms with Gasteiger partial charge in [-0.1, -0.05) is 42.5 Å². The number of amides is 1. The summed E-state index contributed by atoms with van der Waals surface area (Å²) in [6, 6.07) is 17.7. The molecule has 0 bridgehead atoms. The lowest BCUT2D eigenvalue weighted by Gasteiger charge is -2.08. The first-order chi connectivity index (χ1) is 12.8. The van der Waals surface area contributed by atoms with Crippen LogP contribution in [0.3, 0.4) is 0 Å². The fourth-order valence-corrected chi connectivity index (χ4v) is 2.49.